The van der Waals surface area contributed by atoms with Crippen molar-refractivity contribution in [1.29, 1.82) is 0 Å². The van der Waals surface area contributed by atoms with Crippen LogP contribution in [0.1, 0.15) is 17.3 Å². The smallest absolute Gasteiger partial charge is 0.340 e. The fourth-order valence-electron chi connectivity index (χ4n) is 1.93. The quantitative estimate of drug-likeness (QED) is 0.589. The van der Waals surface area contributed by atoms with Gasteiger partial charge in [-0.15, -0.1) is 0 Å². The van der Waals surface area contributed by atoms with Crippen LogP contribution in [0.15, 0.2) is 48.5 Å². The van der Waals surface area contributed by atoms with Gasteiger partial charge in [-0.05, 0) is 31.2 Å². The second-order valence-corrected chi connectivity index (χ2v) is 4.72. The Morgan fingerprint density at radius 1 is 1.00 bits per heavy atom. The van der Waals surface area contributed by atoms with E-state index in [-0.39, 0.29) is 29.3 Å². The van der Waals surface area contributed by atoms with Gasteiger partial charge in [0.1, 0.15) is 5.75 Å². The second-order valence-electron chi connectivity index (χ2n) is 4.72. The fraction of sp³-hybridized carbons (Fsp3) is 0.118. The number of anilines is 2. The van der Waals surface area contributed by atoms with E-state index in [9.17, 15) is 19.5 Å². The molecule has 7 heteroatoms. The standard InChI is InChI=1S/C17H16N2O5/c1-2-24-17(23)13-8-3-4-9-14(13)19-16(22)15(21)18-11-6-5-7-12(20)10-11/h3-10,20H,2H2,1H3,(H,18,21)(H,19,22). The number of ether oxygens (including phenoxy) is 1. The molecule has 24 heavy (non-hydrogen) atoms. The molecule has 2 rings (SSSR count). The van der Waals surface area contributed by atoms with Crippen molar-refractivity contribution in [2.75, 3.05) is 17.2 Å². The Kier molecular flexibility index (Phi) is 5.51. The number of nitrogens with one attached hydrogen (secondary N) is 2. The number of amides is 2. The van der Waals surface area contributed by atoms with Crippen molar-refractivity contribution in [3.63, 3.8) is 0 Å². The summed E-state index contributed by atoms with van der Waals surface area (Å²) in [5.41, 5.74) is 0.596. The predicted octanol–water partition coefficient (Wildman–Crippen LogP) is 2.15. The fourth-order valence-corrected chi connectivity index (χ4v) is 1.93. The van der Waals surface area contributed by atoms with Crippen LogP contribution in [-0.4, -0.2) is 29.5 Å². The van der Waals surface area contributed by atoms with E-state index in [0.29, 0.717) is 0 Å². The molecule has 0 aliphatic rings. The first-order valence-corrected chi connectivity index (χ1v) is 7.18. The van der Waals surface area contributed by atoms with Crippen molar-refractivity contribution in [1.82, 2.24) is 0 Å². The van der Waals surface area contributed by atoms with Gasteiger partial charge in [0.25, 0.3) is 0 Å². The predicted molar refractivity (Wildman–Crippen MR) is 87.8 cm³/mol. The monoisotopic (exact) mass is 328 g/mol. The molecule has 0 radical (unpaired) electrons. The average Bonchev–Trinajstić information content (AvgIpc) is 2.55. The molecular formula is C17H16N2O5. The number of para-hydroxylation sites is 1. The molecule has 0 atom stereocenters. The van der Waals surface area contributed by atoms with Gasteiger partial charge >= 0.3 is 17.8 Å². The molecule has 0 aliphatic heterocycles. The topological polar surface area (TPSA) is 105 Å². The Hall–Kier alpha value is -3.35. The maximum atomic E-state index is 12.0. The van der Waals surface area contributed by atoms with E-state index in [2.05, 4.69) is 10.6 Å². The SMILES string of the molecule is CCOC(=O)c1ccccc1NC(=O)C(=O)Nc1cccc(O)c1. The molecule has 2 aromatic carbocycles. The molecule has 0 spiro atoms. The summed E-state index contributed by atoms with van der Waals surface area (Å²) in [6.07, 6.45) is 0. The Morgan fingerprint density at radius 2 is 1.71 bits per heavy atom. The van der Waals surface area contributed by atoms with Gasteiger partial charge in [0, 0.05) is 11.8 Å². The summed E-state index contributed by atoms with van der Waals surface area (Å²) < 4.78 is 4.90. The van der Waals surface area contributed by atoms with Crippen molar-refractivity contribution in [2.45, 2.75) is 6.92 Å². The summed E-state index contributed by atoms with van der Waals surface area (Å²) >= 11 is 0. The molecule has 0 fully saturated rings. The van der Waals surface area contributed by atoms with Gasteiger partial charge in [0.2, 0.25) is 0 Å². The number of esters is 1. The molecule has 0 heterocycles. The molecule has 7 nitrogen and oxygen atoms in total. The van der Waals surface area contributed by atoms with Crippen molar-refractivity contribution in [3.05, 3.63) is 54.1 Å². The molecule has 3 N–H and O–H groups in total. The van der Waals surface area contributed by atoms with Crippen molar-refractivity contribution in [2.24, 2.45) is 0 Å². The van der Waals surface area contributed by atoms with Gasteiger partial charge in [-0.2, -0.15) is 0 Å². The Bertz CT molecular complexity index is 773. The van der Waals surface area contributed by atoms with Crippen LogP contribution in [0.25, 0.3) is 0 Å². The lowest BCUT2D eigenvalue weighted by atomic mass is 10.2. The number of carbonyl (C=O) groups excluding carboxylic acids is 3. The maximum Gasteiger partial charge on any atom is 0.340 e. The zero-order chi connectivity index (χ0) is 17.5. The average molecular weight is 328 g/mol. The van der Waals surface area contributed by atoms with Gasteiger partial charge in [-0.3, -0.25) is 9.59 Å². The van der Waals surface area contributed by atoms with Gasteiger partial charge in [0.15, 0.2) is 0 Å². The molecule has 2 aromatic rings. The van der Waals surface area contributed by atoms with Crippen molar-refractivity contribution in [3.8, 4) is 5.75 Å². The minimum atomic E-state index is -0.949. The molecule has 0 aromatic heterocycles. The molecule has 0 aliphatic carbocycles. The number of hydrogen-bond acceptors (Lipinski definition) is 5. The minimum absolute atomic E-state index is 0.0409. The van der Waals surface area contributed by atoms with Crippen molar-refractivity contribution >= 4 is 29.2 Å². The summed E-state index contributed by atoms with van der Waals surface area (Å²) in [6, 6.07) is 12.0. The van der Waals surface area contributed by atoms with Crippen LogP contribution >= 0.6 is 0 Å². The summed E-state index contributed by atoms with van der Waals surface area (Å²) in [4.78, 5) is 35.8. The first-order valence-electron chi connectivity index (χ1n) is 7.18. The van der Waals surface area contributed by atoms with E-state index >= 15 is 0 Å². The zero-order valence-corrected chi connectivity index (χ0v) is 12.9. The summed E-state index contributed by atoms with van der Waals surface area (Å²) in [6.45, 7) is 1.86. The molecule has 0 unspecified atom stereocenters. The van der Waals surface area contributed by atoms with Crippen LogP contribution in [0.5, 0.6) is 5.75 Å². The number of rotatable bonds is 4. The second kappa shape index (κ2) is 7.77. The van der Waals surface area contributed by atoms with Crippen LogP contribution in [0.3, 0.4) is 0 Å². The largest absolute Gasteiger partial charge is 0.508 e. The van der Waals surface area contributed by atoms with E-state index in [1.807, 2.05) is 0 Å². The van der Waals surface area contributed by atoms with Gasteiger partial charge in [-0.1, -0.05) is 18.2 Å². The molecule has 2 amide bonds. The lowest BCUT2D eigenvalue weighted by molar-refractivity contribution is -0.133. The van der Waals surface area contributed by atoms with E-state index in [1.165, 1.54) is 36.4 Å². The Labute approximate surface area is 138 Å². The summed E-state index contributed by atoms with van der Waals surface area (Å²) in [7, 11) is 0. The third-order valence-corrected chi connectivity index (χ3v) is 2.98. The maximum absolute atomic E-state index is 12.0. The van der Waals surface area contributed by atoms with Crippen LogP contribution in [-0.2, 0) is 14.3 Å². The lowest BCUT2D eigenvalue weighted by Crippen LogP contribution is -2.29. The minimum Gasteiger partial charge on any atom is -0.508 e. The molecular weight excluding hydrogens is 312 g/mol. The van der Waals surface area contributed by atoms with Crippen molar-refractivity contribution < 1.29 is 24.2 Å². The van der Waals surface area contributed by atoms with Crippen LogP contribution in [0, 0.1) is 0 Å². The Morgan fingerprint density at radius 3 is 2.42 bits per heavy atom. The number of phenolic OH excluding ortho intramolecular Hbond substituents is 1. The zero-order valence-electron chi connectivity index (χ0n) is 12.9. The van der Waals surface area contributed by atoms with Gasteiger partial charge in [0.05, 0.1) is 17.9 Å². The van der Waals surface area contributed by atoms with E-state index < -0.39 is 17.8 Å². The lowest BCUT2D eigenvalue weighted by Gasteiger charge is -2.10. The normalized spacial score (nSPS) is 9.88. The number of aromatic hydroxyl groups is 1. The first kappa shape index (κ1) is 17.0. The van der Waals surface area contributed by atoms with Gasteiger partial charge in [-0.25, -0.2) is 4.79 Å². The molecule has 0 saturated heterocycles. The van der Waals surface area contributed by atoms with E-state index in [1.54, 1.807) is 19.1 Å². The highest BCUT2D eigenvalue weighted by molar-refractivity contribution is 6.44. The Balaban J connectivity index is 2.09. The van der Waals surface area contributed by atoms with Crippen LogP contribution in [0.4, 0.5) is 11.4 Å². The highest BCUT2D eigenvalue weighted by Crippen LogP contribution is 2.17. The molecule has 0 bridgehead atoms. The third-order valence-electron chi connectivity index (χ3n) is 2.98. The number of carbonyl (C=O) groups is 3. The van der Waals surface area contributed by atoms with Crippen LogP contribution < -0.4 is 10.6 Å². The number of hydrogen-bond donors (Lipinski definition) is 3. The van der Waals surface area contributed by atoms with Gasteiger partial charge < -0.3 is 20.5 Å². The highest BCUT2D eigenvalue weighted by atomic mass is 16.5. The number of phenols is 1. The van der Waals surface area contributed by atoms with E-state index in [4.69, 9.17) is 4.74 Å². The summed E-state index contributed by atoms with van der Waals surface area (Å²) in [5.74, 6) is -2.52. The van der Waals surface area contributed by atoms with E-state index in [0.717, 1.165) is 0 Å². The first-order chi connectivity index (χ1) is 11.5. The highest BCUT2D eigenvalue weighted by Gasteiger charge is 2.18. The molecule has 0 saturated carbocycles. The summed E-state index contributed by atoms with van der Waals surface area (Å²) in [5, 5.41) is 14.1. The van der Waals surface area contributed by atoms with Crippen LogP contribution in [0.2, 0.25) is 0 Å². The number of benzene rings is 2. The third kappa shape index (κ3) is 4.33. The molecule has 124 valence electrons.